The van der Waals surface area contributed by atoms with Gasteiger partial charge in [-0.3, -0.25) is 0 Å². The molecule has 174 valence electrons. The largest absolute Gasteiger partial charge is 0.450 e. The highest BCUT2D eigenvalue weighted by molar-refractivity contribution is 5.77. The van der Waals surface area contributed by atoms with E-state index in [0.29, 0.717) is 17.5 Å². The fourth-order valence-electron chi connectivity index (χ4n) is 4.04. The van der Waals surface area contributed by atoms with Crippen LogP contribution in [0.3, 0.4) is 0 Å². The lowest BCUT2D eigenvalue weighted by Crippen LogP contribution is -2.06. The fourth-order valence-corrected chi connectivity index (χ4v) is 4.04. The van der Waals surface area contributed by atoms with Crippen LogP contribution in [0.1, 0.15) is 115 Å². The number of rotatable bonds is 18. The monoisotopic (exact) mass is 429 g/mol. The molecular formula is C27H43NO3. The number of hydrogen-bond acceptors (Lipinski definition) is 4. The standard InChI is InChI=1S/C27H43NO3/c1-3-4-5-6-7-8-9-10-11-12-13-14-15-16-17-18-21-30-27-28-25-20-19-23(2)22-24(25)26(29)31-27/h19-20,22H,3-18,21H2,1-2H3. The van der Waals surface area contributed by atoms with Gasteiger partial charge in [0.2, 0.25) is 0 Å². The van der Waals surface area contributed by atoms with Crippen molar-refractivity contribution < 1.29 is 9.15 Å². The molecule has 1 aromatic heterocycles. The second kappa shape index (κ2) is 15.9. The van der Waals surface area contributed by atoms with E-state index in [-0.39, 0.29) is 11.7 Å². The lowest BCUT2D eigenvalue weighted by molar-refractivity contribution is 0.211. The van der Waals surface area contributed by atoms with Gasteiger partial charge >= 0.3 is 11.7 Å². The summed E-state index contributed by atoms with van der Waals surface area (Å²) in [6.07, 6.45) is 21.6. The first-order valence-corrected chi connectivity index (χ1v) is 12.7. The summed E-state index contributed by atoms with van der Waals surface area (Å²) in [7, 11) is 0. The van der Waals surface area contributed by atoms with Gasteiger partial charge in [-0.2, -0.15) is 4.98 Å². The maximum absolute atomic E-state index is 12.0. The van der Waals surface area contributed by atoms with Gasteiger partial charge < -0.3 is 9.15 Å². The van der Waals surface area contributed by atoms with Crippen LogP contribution in [0.2, 0.25) is 0 Å². The molecule has 0 spiro atoms. The molecule has 0 bridgehead atoms. The van der Waals surface area contributed by atoms with Crippen molar-refractivity contribution in [2.75, 3.05) is 6.61 Å². The van der Waals surface area contributed by atoms with Gasteiger partial charge in [0, 0.05) is 0 Å². The van der Waals surface area contributed by atoms with Crippen molar-refractivity contribution in [1.82, 2.24) is 4.98 Å². The zero-order valence-electron chi connectivity index (χ0n) is 19.9. The number of benzene rings is 1. The molecule has 0 aliphatic rings. The van der Waals surface area contributed by atoms with E-state index in [1.165, 1.54) is 89.9 Å². The Kier molecular flexibility index (Phi) is 13.0. The molecule has 0 N–H and O–H groups in total. The smallest absolute Gasteiger partial charge is 0.397 e. The van der Waals surface area contributed by atoms with Gasteiger partial charge in [0.05, 0.1) is 17.5 Å². The molecule has 0 saturated heterocycles. The van der Waals surface area contributed by atoms with E-state index in [1.54, 1.807) is 6.07 Å². The van der Waals surface area contributed by atoms with Crippen LogP contribution in [0.4, 0.5) is 0 Å². The van der Waals surface area contributed by atoms with E-state index in [9.17, 15) is 4.79 Å². The van der Waals surface area contributed by atoms with Crippen molar-refractivity contribution >= 4 is 10.9 Å². The van der Waals surface area contributed by atoms with Gasteiger partial charge in [0.15, 0.2) is 0 Å². The number of ether oxygens (including phenoxy) is 1. The molecule has 1 heterocycles. The van der Waals surface area contributed by atoms with Gasteiger partial charge in [-0.25, -0.2) is 4.79 Å². The minimum atomic E-state index is -0.379. The number of nitrogens with zero attached hydrogens (tertiary/aromatic N) is 1. The molecule has 2 rings (SSSR count). The average Bonchev–Trinajstić information content (AvgIpc) is 2.76. The predicted molar refractivity (Wildman–Crippen MR) is 130 cm³/mol. The molecule has 0 radical (unpaired) electrons. The van der Waals surface area contributed by atoms with E-state index in [1.807, 2.05) is 19.1 Å². The highest BCUT2D eigenvalue weighted by Gasteiger charge is 2.07. The summed E-state index contributed by atoms with van der Waals surface area (Å²) >= 11 is 0. The van der Waals surface area contributed by atoms with Crippen LogP contribution in [-0.2, 0) is 0 Å². The quantitative estimate of drug-likeness (QED) is 0.224. The first kappa shape index (κ1) is 25.4. The number of fused-ring (bicyclic) bond motifs is 1. The SMILES string of the molecule is CCCCCCCCCCCCCCCCCCOc1nc2ccc(C)cc2c(=O)o1. The molecule has 0 saturated carbocycles. The Morgan fingerprint density at radius 3 is 1.84 bits per heavy atom. The molecular weight excluding hydrogens is 386 g/mol. The summed E-state index contributed by atoms with van der Waals surface area (Å²) < 4.78 is 10.8. The fraction of sp³-hybridized carbons (Fsp3) is 0.704. The van der Waals surface area contributed by atoms with Crippen LogP contribution in [0.5, 0.6) is 6.08 Å². The summed E-state index contributed by atoms with van der Waals surface area (Å²) in [5, 5.41) is 0.509. The third-order valence-electron chi connectivity index (χ3n) is 5.99. The molecule has 31 heavy (non-hydrogen) atoms. The molecule has 0 aliphatic heterocycles. The summed E-state index contributed by atoms with van der Waals surface area (Å²) in [5.74, 6) is 0. The van der Waals surface area contributed by atoms with Crippen LogP contribution in [0.25, 0.3) is 10.9 Å². The van der Waals surface area contributed by atoms with Gasteiger partial charge in [0.1, 0.15) is 0 Å². The lowest BCUT2D eigenvalue weighted by atomic mass is 10.0. The second-order valence-corrected chi connectivity index (χ2v) is 8.94. The third-order valence-corrected chi connectivity index (χ3v) is 5.99. The van der Waals surface area contributed by atoms with E-state index in [0.717, 1.165) is 18.4 Å². The average molecular weight is 430 g/mol. The lowest BCUT2D eigenvalue weighted by Gasteiger charge is -2.05. The molecule has 1 aromatic carbocycles. The number of hydrogen-bond donors (Lipinski definition) is 0. The van der Waals surface area contributed by atoms with Gasteiger partial charge in [0.25, 0.3) is 0 Å². The Morgan fingerprint density at radius 1 is 0.774 bits per heavy atom. The third kappa shape index (κ3) is 10.8. The van der Waals surface area contributed by atoms with Crippen molar-refractivity contribution in [3.05, 3.63) is 34.2 Å². The van der Waals surface area contributed by atoms with Crippen molar-refractivity contribution in [3.8, 4) is 6.08 Å². The van der Waals surface area contributed by atoms with Crippen molar-refractivity contribution in [3.63, 3.8) is 0 Å². The van der Waals surface area contributed by atoms with Crippen molar-refractivity contribution in [1.29, 1.82) is 0 Å². The normalized spacial score (nSPS) is 11.3. The van der Waals surface area contributed by atoms with Crippen molar-refractivity contribution in [2.24, 2.45) is 0 Å². The Balaban J connectivity index is 1.41. The summed E-state index contributed by atoms with van der Waals surface area (Å²) in [5.41, 5.74) is 1.27. The highest BCUT2D eigenvalue weighted by atomic mass is 16.6. The maximum atomic E-state index is 12.0. The molecule has 2 aromatic rings. The molecule has 0 atom stereocenters. The molecule has 0 amide bonds. The number of aromatic nitrogens is 1. The van der Waals surface area contributed by atoms with E-state index >= 15 is 0 Å². The van der Waals surface area contributed by atoms with E-state index < -0.39 is 0 Å². The summed E-state index contributed by atoms with van der Waals surface area (Å²) in [6, 6.07) is 5.57. The van der Waals surface area contributed by atoms with Crippen LogP contribution in [-0.4, -0.2) is 11.6 Å². The Hall–Kier alpha value is -1.84. The first-order valence-electron chi connectivity index (χ1n) is 12.7. The molecule has 4 nitrogen and oxygen atoms in total. The summed E-state index contributed by atoms with van der Waals surface area (Å²) in [6.45, 7) is 4.77. The first-order chi connectivity index (χ1) is 15.2. The zero-order valence-corrected chi connectivity index (χ0v) is 19.9. The van der Waals surface area contributed by atoms with Crippen molar-refractivity contribution in [2.45, 2.75) is 117 Å². The molecule has 4 heteroatoms. The minimum absolute atomic E-state index is 0.0855. The topological polar surface area (TPSA) is 52.3 Å². The van der Waals surface area contributed by atoms with Crippen LogP contribution < -0.4 is 10.4 Å². The highest BCUT2D eigenvalue weighted by Crippen LogP contribution is 2.16. The number of unbranched alkanes of at least 4 members (excludes halogenated alkanes) is 15. The predicted octanol–water partition coefficient (Wildman–Crippen LogP) is 8.14. The second-order valence-electron chi connectivity index (χ2n) is 8.94. The van der Waals surface area contributed by atoms with Crippen LogP contribution in [0.15, 0.2) is 27.4 Å². The van der Waals surface area contributed by atoms with Crippen LogP contribution >= 0.6 is 0 Å². The Morgan fingerprint density at radius 2 is 1.29 bits per heavy atom. The molecule has 0 aliphatic carbocycles. The maximum Gasteiger partial charge on any atom is 0.397 e. The van der Waals surface area contributed by atoms with Crippen LogP contribution in [0, 0.1) is 6.92 Å². The summed E-state index contributed by atoms with van der Waals surface area (Å²) in [4.78, 5) is 16.3. The number of aryl methyl sites for hydroxylation is 1. The van der Waals surface area contributed by atoms with E-state index in [2.05, 4.69) is 11.9 Å². The molecule has 0 unspecified atom stereocenters. The molecule has 0 fully saturated rings. The van der Waals surface area contributed by atoms with Gasteiger partial charge in [-0.15, -0.1) is 0 Å². The zero-order chi connectivity index (χ0) is 22.2. The van der Waals surface area contributed by atoms with E-state index in [4.69, 9.17) is 9.15 Å². The van der Waals surface area contributed by atoms with Gasteiger partial charge in [-0.1, -0.05) is 115 Å². The Labute approximate surface area is 188 Å². The minimum Gasteiger partial charge on any atom is -0.450 e. The van der Waals surface area contributed by atoms with Gasteiger partial charge in [-0.05, 0) is 25.5 Å². The Bertz CT molecular complexity index is 784.